The van der Waals surface area contributed by atoms with Crippen molar-refractivity contribution in [1.82, 2.24) is 14.5 Å². The quantitative estimate of drug-likeness (QED) is 0.742. The van der Waals surface area contributed by atoms with Crippen LogP contribution in [-0.2, 0) is 6.54 Å². The first kappa shape index (κ1) is 13.6. The van der Waals surface area contributed by atoms with Gasteiger partial charge in [-0.1, -0.05) is 6.07 Å². The van der Waals surface area contributed by atoms with Crippen molar-refractivity contribution < 1.29 is 4.42 Å². The second-order valence-electron chi connectivity index (χ2n) is 4.80. The van der Waals surface area contributed by atoms with Gasteiger partial charge in [-0.25, -0.2) is 9.97 Å². The van der Waals surface area contributed by atoms with Crippen LogP contribution in [0, 0.1) is 32.1 Å². The predicted octanol–water partition coefficient (Wildman–Crippen LogP) is 3.44. The van der Waals surface area contributed by atoms with E-state index < -0.39 is 0 Å². The normalized spacial score (nSPS) is 10.8. The van der Waals surface area contributed by atoms with E-state index in [1.54, 1.807) is 11.3 Å². The van der Waals surface area contributed by atoms with E-state index in [9.17, 15) is 5.26 Å². The van der Waals surface area contributed by atoms with Crippen LogP contribution < -0.4 is 0 Å². The number of rotatable bonds is 3. The standard InChI is InChI=1S/C15H14N4OS/c1-9-10(2)19(14(7-16)17-9)8-12-11(3)20-15(18-12)13-5-4-6-21-13/h4-6H,8H2,1-3H3. The van der Waals surface area contributed by atoms with E-state index in [4.69, 9.17) is 4.42 Å². The molecule has 0 aromatic carbocycles. The summed E-state index contributed by atoms with van der Waals surface area (Å²) in [6.07, 6.45) is 0. The van der Waals surface area contributed by atoms with Gasteiger partial charge in [0.05, 0.1) is 17.1 Å². The molecule has 0 aliphatic rings. The Kier molecular flexibility index (Phi) is 3.35. The highest BCUT2D eigenvalue weighted by Gasteiger charge is 2.16. The van der Waals surface area contributed by atoms with Gasteiger partial charge in [0.25, 0.3) is 0 Å². The van der Waals surface area contributed by atoms with Crippen LogP contribution in [0.25, 0.3) is 10.8 Å². The van der Waals surface area contributed by atoms with Crippen LogP contribution >= 0.6 is 11.3 Å². The van der Waals surface area contributed by atoms with Gasteiger partial charge in [-0.3, -0.25) is 0 Å². The van der Waals surface area contributed by atoms with E-state index in [0.29, 0.717) is 18.3 Å². The molecule has 3 rings (SSSR count). The SMILES string of the molecule is Cc1nc(C#N)n(Cc2nc(-c3cccs3)oc2C)c1C. The topological polar surface area (TPSA) is 67.6 Å². The molecule has 5 nitrogen and oxygen atoms in total. The smallest absolute Gasteiger partial charge is 0.236 e. The highest BCUT2D eigenvalue weighted by Crippen LogP contribution is 2.26. The Bertz CT molecular complexity index is 821. The number of nitriles is 1. The fourth-order valence-electron chi connectivity index (χ4n) is 2.16. The number of imidazole rings is 1. The lowest BCUT2D eigenvalue weighted by molar-refractivity contribution is 0.538. The summed E-state index contributed by atoms with van der Waals surface area (Å²) in [5.74, 6) is 1.81. The maximum atomic E-state index is 9.18. The maximum absolute atomic E-state index is 9.18. The highest BCUT2D eigenvalue weighted by atomic mass is 32.1. The number of hydrogen-bond acceptors (Lipinski definition) is 5. The van der Waals surface area contributed by atoms with Crippen molar-refractivity contribution in [2.45, 2.75) is 27.3 Å². The molecule has 3 aromatic heterocycles. The fourth-order valence-corrected chi connectivity index (χ4v) is 2.81. The second-order valence-corrected chi connectivity index (χ2v) is 5.75. The van der Waals surface area contributed by atoms with Crippen LogP contribution in [0.5, 0.6) is 0 Å². The zero-order valence-corrected chi connectivity index (χ0v) is 12.9. The summed E-state index contributed by atoms with van der Waals surface area (Å²) in [5.41, 5.74) is 2.67. The number of nitrogens with zero attached hydrogens (tertiary/aromatic N) is 4. The number of thiophene rings is 1. The van der Waals surface area contributed by atoms with Gasteiger partial charge in [-0.15, -0.1) is 11.3 Å². The Hall–Kier alpha value is -2.39. The van der Waals surface area contributed by atoms with E-state index in [0.717, 1.165) is 27.7 Å². The first-order valence-electron chi connectivity index (χ1n) is 6.54. The highest BCUT2D eigenvalue weighted by molar-refractivity contribution is 7.13. The first-order chi connectivity index (χ1) is 10.1. The summed E-state index contributed by atoms with van der Waals surface area (Å²) >= 11 is 1.59. The molecule has 0 saturated carbocycles. The number of oxazole rings is 1. The van der Waals surface area contributed by atoms with Crippen LogP contribution in [0.2, 0.25) is 0 Å². The average molecular weight is 298 g/mol. The molecule has 0 aliphatic carbocycles. The Morgan fingerprint density at radius 2 is 2.14 bits per heavy atom. The van der Waals surface area contributed by atoms with Gasteiger partial charge >= 0.3 is 0 Å². The van der Waals surface area contributed by atoms with Crippen LogP contribution in [0.1, 0.15) is 28.7 Å². The van der Waals surface area contributed by atoms with Gasteiger partial charge in [0.15, 0.2) is 0 Å². The van der Waals surface area contributed by atoms with Gasteiger partial charge in [-0.05, 0) is 32.2 Å². The van der Waals surface area contributed by atoms with E-state index in [-0.39, 0.29) is 0 Å². The van der Waals surface area contributed by atoms with E-state index >= 15 is 0 Å². The average Bonchev–Trinajstić information content (AvgIpc) is 3.16. The van der Waals surface area contributed by atoms with Gasteiger partial charge in [-0.2, -0.15) is 5.26 Å². The molecule has 0 radical (unpaired) electrons. The lowest BCUT2D eigenvalue weighted by Crippen LogP contribution is -2.06. The Morgan fingerprint density at radius 1 is 1.33 bits per heavy atom. The van der Waals surface area contributed by atoms with Crippen molar-refractivity contribution in [2.24, 2.45) is 0 Å². The van der Waals surface area contributed by atoms with Crippen molar-refractivity contribution in [3.63, 3.8) is 0 Å². The summed E-state index contributed by atoms with van der Waals surface area (Å²) in [6, 6.07) is 6.07. The molecular weight excluding hydrogens is 284 g/mol. The molecule has 0 amide bonds. The van der Waals surface area contributed by atoms with E-state index in [1.807, 2.05) is 42.9 Å². The van der Waals surface area contributed by atoms with Crippen molar-refractivity contribution >= 4 is 11.3 Å². The van der Waals surface area contributed by atoms with Crippen LogP contribution in [0.4, 0.5) is 0 Å². The molecular formula is C15H14N4OS. The fraction of sp³-hybridized carbons (Fsp3) is 0.267. The molecule has 0 fully saturated rings. The first-order valence-corrected chi connectivity index (χ1v) is 7.42. The zero-order valence-electron chi connectivity index (χ0n) is 12.0. The molecule has 3 aromatic rings. The summed E-state index contributed by atoms with van der Waals surface area (Å²) in [7, 11) is 0. The molecule has 0 saturated heterocycles. The second kappa shape index (κ2) is 5.19. The van der Waals surface area contributed by atoms with Crippen LogP contribution in [-0.4, -0.2) is 14.5 Å². The predicted molar refractivity (Wildman–Crippen MR) is 80.1 cm³/mol. The molecule has 0 bridgehead atoms. The molecule has 21 heavy (non-hydrogen) atoms. The molecule has 0 N–H and O–H groups in total. The van der Waals surface area contributed by atoms with Crippen molar-refractivity contribution in [2.75, 3.05) is 0 Å². The van der Waals surface area contributed by atoms with Gasteiger partial charge in [0, 0.05) is 5.69 Å². The molecule has 0 spiro atoms. The Morgan fingerprint density at radius 3 is 2.81 bits per heavy atom. The number of aromatic nitrogens is 3. The van der Waals surface area contributed by atoms with E-state index in [1.165, 1.54) is 0 Å². The summed E-state index contributed by atoms with van der Waals surface area (Å²) in [5, 5.41) is 11.2. The third-order valence-electron chi connectivity index (χ3n) is 3.49. The van der Waals surface area contributed by atoms with Crippen LogP contribution in [0.3, 0.4) is 0 Å². The Balaban J connectivity index is 1.98. The monoisotopic (exact) mass is 298 g/mol. The molecule has 3 heterocycles. The minimum atomic E-state index is 0.407. The number of aryl methyl sites for hydroxylation is 2. The van der Waals surface area contributed by atoms with E-state index in [2.05, 4.69) is 16.0 Å². The number of hydrogen-bond donors (Lipinski definition) is 0. The van der Waals surface area contributed by atoms with Crippen molar-refractivity contribution in [3.05, 3.63) is 46.2 Å². The van der Waals surface area contributed by atoms with Gasteiger partial charge in [0.1, 0.15) is 17.5 Å². The molecule has 6 heteroatoms. The zero-order chi connectivity index (χ0) is 15.0. The van der Waals surface area contributed by atoms with Crippen LogP contribution in [0.15, 0.2) is 21.9 Å². The summed E-state index contributed by atoms with van der Waals surface area (Å²) in [4.78, 5) is 9.82. The molecule has 0 atom stereocenters. The molecule has 0 aliphatic heterocycles. The molecule has 0 unspecified atom stereocenters. The minimum absolute atomic E-state index is 0.407. The summed E-state index contributed by atoms with van der Waals surface area (Å²) < 4.78 is 7.61. The molecule has 106 valence electrons. The maximum Gasteiger partial charge on any atom is 0.236 e. The summed E-state index contributed by atoms with van der Waals surface area (Å²) in [6.45, 7) is 6.25. The third kappa shape index (κ3) is 2.36. The minimum Gasteiger partial charge on any atom is -0.440 e. The lowest BCUT2D eigenvalue weighted by atomic mass is 10.3. The largest absolute Gasteiger partial charge is 0.440 e. The Labute approximate surface area is 126 Å². The lowest BCUT2D eigenvalue weighted by Gasteiger charge is -2.04. The van der Waals surface area contributed by atoms with Crippen molar-refractivity contribution in [1.29, 1.82) is 5.26 Å². The third-order valence-corrected chi connectivity index (χ3v) is 4.35. The van der Waals surface area contributed by atoms with Crippen molar-refractivity contribution in [3.8, 4) is 16.8 Å². The van der Waals surface area contributed by atoms with Gasteiger partial charge in [0.2, 0.25) is 11.7 Å². The van der Waals surface area contributed by atoms with Gasteiger partial charge < -0.3 is 8.98 Å².